The number of hydrogen-bond acceptors (Lipinski definition) is 4. The third-order valence-corrected chi connectivity index (χ3v) is 2.56. The highest BCUT2D eigenvalue weighted by molar-refractivity contribution is 6.32. The Bertz CT molecular complexity index is 590. The maximum Gasteiger partial charge on any atom is 0.260 e. The summed E-state index contributed by atoms with van der Waals surface area (Å²) < 4.78 is 5.28. The first-order valence-corrected chi connectivity index (χ1v) is 5.80. The molecule has 2 heterocycles. The van der Waals surface area contributed by atoms with Crippen molar-refractivity contribution in [2.45, 2.75) is 13.8 Å². The van der Waals surface area contributed by atoms with Crippen LogP contribution in [0.5, 0.6) is 0 Å². The van der Waals surface area contributed by atoms with E-state index in [9.17, 15) is 4.79 Å². The van der Waals surface area contributed by atoms with Gasteiger partial charge in [-0.05, 0) is 31.5 Å². The minimum absolute atomic E-state index is 0.0297. The van der Waals surface area contributed by atoms with Crippen LogP contribution in [0.1, 0.15) is 21.9 Å². The number of hydrogen-bond donors (Lipinski definition) is 1. The summed E-state index contributed by atoms with van der Waals surface area (Å²) in [4.78, 5) is 19.5. The van der Waals surface area contributed by atoms with Gasteiger partial charge in [0.15, 0.2) is 0 Å². The van der Waals surface area contributed by atoms with E-state index in [-0.39, 0.29) is 22.2 Å². The number of furan rings is 1. The SMILES string of the molecule is Cc1cc(C(=O)Nc2cc(Cl)nc(Cl)n2)c(C)o1. The lowest BCUT2D eigenvalue weighted by Crippen LogP contribution is -2.13. The van der Waals surface area contributed by atoms with E-state index in [0.717, 1.165) is 0 Å². The number of amides is 1. The first-order chi connectivity index (χ1) is 8.45. The second-order valence-corrected chi connectivity index (χ2v) is 4.35. The number of nitrogens with one attached hydrogen (secondary N) is 1. The van der Waals surface area contributed by atoms with E-state index in [1.165, 1.54) is 6.07 Å². The average molecular weight is 286 g/mol. The van der Waals surface area contributed by atoms with Gasteiger partial charge in [0.05, 0.1) is 5.56 Å². The quantitative estimate of drug-likeness (QED) is 0.679. The zero-order chi connectivity index (χ0) is 13.3. The Labute approximate surface area is 113 Å². The number of aromatic nitrogens is 2. The van der Waals surface area contributed by atoms with E-state index >= 15 is 0 Å². The van der Waals surface area contributed by atoms with Gasteiger partial charge in [0.25, 0.3) is 5.91 Å². The van der Waals surface area contributed by atoms with E-state index in [1.54, 1.807) is 19.9 Å². The lowest BCUT2D eigenvalue weighted by Gasteiger charge is -2.03. The van der Waals surface area contributed by atoms with Gasteiger partial charge < -0.3 is 9.73 Å². The number of rotatable bonds is 2. The molecule has 1 amide bonds. The highest BCUT2D eigenvalue weighted by Gasteiger charge is 2.14. The molecule has 0 aliphatic rings. The zero-order valence-corrected chi connectivity index (χ0v) is 11.1. The molecule has 1 N–H and O–H groups in total. The molecule has 0 radical (unpaired) electrons. The van der Waals surface area contributed by atoms with Crippen LogP contribution < -0.4 is 5.32 Å². The molecule has 2 aromatic heterocycles. The molecule has 0 fully saturated rings. The Balaban J connectivity index is 2.23. The average Bonchev–Trinajstić information content (AvgIpc) is 2.56. The molecule has 0 atom stereocenters. The van der Waals surface area contributed by atoms with Crippen molar-refractivity contribution in [3.63, 3.8) is 0 Å². The van der Waals surface area contributed by atoms with Gasteiger partial charge in [-0.3, -0.25) is 4.79 Å². The number of anilines is 1. The van der Waals surface area contributed by atoms with Crippen LogP contribution >= 0.6 is 23.2 Å². The minimum atomic E-state index is -0.338. The summed E-state index contributed by atoms with van der Waals surface area (Å²) in [5.41, 5.74) is 0.443. The number of nitrogens with zero attached hydrogens (tertiary/aromatic N) is 2. The second kappa shape index (κ2) is 4.96. The van der Waals surface area contributed by atoms with Crippen LogP contribution in [0.2, 0.25) is 10.4 Å². The van der Waals surface area contributed by atoms with Crippen molar-refractivity contribution in [2.75, 3.05) is 5.32 Å². The Hall–Kier alpha value is -1.59. The van der Waals surface area contributed by atoms with Gasteiger partial charge >= 0.3 is 0 Å². The first kappa shape index (κ1) is 12.9. The fraction of sp³-hybridized carbons (Fsp3) is 0.182. The van der Waals surface area contributed by atoms with Crippen LogP contribution in [0.25, 0.3) is 0 Å². The van der Waals surface area contributed by atoms with Crippen molar-refractivity contribution >= 4 is 34.9 Å². The molecule has 0 spiro atoms. The fourth-order valence-electron chi connectivity index (χ4n) is 1.49. The summed E-state index contributed by atoms with van der Waals surface area (Å²) in [6.07, 6.45) is 0. The van der Waals surface area contributed by atoms with Crippen LogP contribution in [-0.2, 0) is 0 Å². The van der Waals surface area contributed by atoms with Crippen LogP contribution in [0.3, 0.4) is 0 Å². The molecule has 0 unspecified atom stereocenters. The Morgan fingerprint density at radius 2 is 2.00 bits per heavy atom. The van der Waals surface area contributed by atoms with Crippen LogP contribution in [0.15, 0.2) is 16.5 Å². The molecule has 0 saturated heterocycles. The van der Waals surface area contributed by atoms with Crippen LogP contribution in [-0.4, -0.2) is 15.9 Å². The van der Waals surface area contributed by atoms with E-state index in [0.29, 0.717) is 17.1 Å². The normalized spacial score (nSPS) is 10.4. The molecular weight excluding hydrogens is 277 g/mol. The lowest BCUT2D eigenvalue weighted by molar-refractivity contribution is 0.102. The molecular formula is C11H9Cl2N3O2. The maximum atomic E-state index is 12.0. The van der Waals surface area contributed by atoms with Gasteiger partial charge in [-0.2, -0.15) is 0 Å². The molecule has 7 heteroatoms. The molecule has 94 valence electrons. The van der Waals surface area contributed by atoms with Gasteiger partial charge in [-0.1, -0.05) is 11.6 Å². The highest BCUT2D eigenvalue weighted by atomic mass is 35.5. The molecule has 2 rings (SSSR count). The van der Waals surface area contributed by atoms with Crippen molar-refractivity contribution in [3.05, 3.63) is 39.7 Å². The van der Waals surface area contributed by atoms with Crippen LogP contribution in [0, 0.1) is 13.8 Å². The third kappa shape index (κ3) is 2.80. The summed E-state index contributed by atoms with van der Waals surface area (Å²) in [5, 5.41) is 2.70. The topological polar surface area (TPSA) is 68.0 Å². The number of carbonyl (C=O) groups is 1. The second-order valence-electron chi connectivity index (χ2n) is 3.63. The summed E-state index contributed by atoms with van der Waals surface area (Å²) in [6, 6.07) is 3.06. The van der Waals surface area contributed by atoms with Gasteiger partial charge in [0.2, 0.25) is 5.28 Å². The minimum Gasteiger partial charge on any atom is -0.466 e. The Morgan fingerprint density at radius 1 is 1.28 bits per heavy atom. The summed E-state index contributed by atoms with van der Waals surface area (Å²) in [6.45, 7) is 3.48. The lowest BCUT2D eigenvalue weighted by atomic mass is 10.2. The van der Waals surface area contributed by atoms with Crippen molar-refractivity contribution in [3.8, 4) is 0 Å². The molecule has 0 bridgehead atoms. The molecule has 5 nitrogen and oxygen atoms in total. The monoisotopic (exact) mass is 285 g/mol. The zero-order valence-electron chi connectivity index (χ0n) is 9.62. The molecule has 2 aromatic rings. The van der Waals surface area contributed by atoms with Crippen LogP contribution in [0.4, 0.5) is 5.82 Å². The smallest absolute Gasteiger partial charge is 0.260 e. The summed E-state index contributed by atoms with van der Waals surface area (Å²) >= 11 is 11.3. The van der Waals surface area contributed by atoms with E-state index in [4.69, 9.17) is 27.6 Å². The van der Waals surface area contributed by atoms with E-state index in [2.05, 4.69) is 15.3 Å². The number of carbonyl (C=O) groups excluding carboxylic acids is 1. The van der Waals surface area contributed by atoms with E-state index < -0.39 is 0 Å². The third-order valence-electron chi connectivity index (χ3n) is 2.19. The Kier molecular flexibility index (Phi) is 3.54. The molecule has 0 aliphatic heterocycles. The Morgan fingerprint density at radius 3 is 2.56 bits per heavy atom. The standard InChI is InChI=1S/C11H9Cl2N3O2/c1-5-3-7(6(2)18-5)10(17)15-9-4-8(12)14-11(13)16-9/h3-4H,1-2H3,(H,14,15,16,17). The predicted octanol–water partition coefficient (Wildman–Crippen LogP) is 3.25. The van der Waals surface area contributed by atoms with Gasteiger partial charge in [0.1, 0.15) is 22.5 Å². The molecule has 0 aliphatic carbocycles. The van der Waals surface area contributed by atoms with Gasteiger partial charge in [-0.25, -0.2) is 9.97 Å². The first-order valence-electron chi connectivity index (χ1n) is 5.04. The van der Waals surface area contributed by atoms with Gasteiger partial charge in [-0.15, -0.1) is 0 Å². The van der Waals surface area contributed by atoms with Gasteiger partial charge in [0, 0.05) is 6.07 Å². The molecule has 0 saturated carbocycles. The van der Waals surface area contributed by atoms with Crippen molar-refractivity contribution in [1.29, 1.82) is 0 Å². The van der Waals surface area contributed by atoms with Crippen molar-refractivity contribution < 1.29 is 9.21 Å². The molecule has 18 heavy (non-hydrogen) atoms. The largest absolute Gasteiger partial charge is 0.466 e. The molecule has 0 aromatic carbocycles. The van der Waals surface area contributed by atoms with E-state index in [1.807, 2.05) is 0 Å². The predicted molar refractivity (Wildman–Crippen MR) is 68.2 cm³/mol. The van der Waals surface area contributed by atoms with Crippen molar-refractivity contribution in [1.82, 2.24) is 9.97 Å². The summed E-state index contributed by atoms with van der Waals surface area (Å²) in [5.74, 6) is 1.10. The number of halogens is 2. The fourth-order valence-corrected chi connectivity index (χ4v) is 1.90. The van der Waals surface area contributed by atoms with Crippen molar-refractivity contribution in [2.24, 2.45) is 0 Å². The maximum absolute atomic E-state index is 12.0. The number of aryl methyl sites for hydroxylation is 2. The highest BCUT2D eigenvalue weighted by Crippen LogP contribution is 2.18. The summed E-state index contributed by atoms with van der Waals surface area (Å²) in [7, 11) is 0.